The molecule has 0 aliphatic heterocycles. The van der Waals surface area contributed by atoms with Crippen molar-refractivity contribution in [3.8, 4) is 17.3 Å². The van der Waals surface area contributed by atoms with Crippen LogP contribution in [0.1, 0.15) is 5.56 Å². The zero-order chi connectivity index (χ0) is 14.1. The highest BCUT2D eigenvalue weighted by Gasteiger charge is 2.10. The highest BCUT2D eigenvalue weighted by Crippen LogP contribution is 2.19. The van der Waals surface area contributed by atoms with E-state index in [2.05, 4.69) is 20.1 Å². The molecular weight excluding hydrogens is 259 g/mol. The highest BCUT2D eigenvalue weighted by molar-refractivity contribution is 5.57. The molecule has 2 heterocycles. The highest BCUT2D eigenvalue weighted by atomic mass is 19.1. The van der Waals surface area contributed by atoms with E-state index in [4.69, 9.17) is 5.73 Å². The zero-order valence-electron chi connectivity index (χ0n) is 10.7. The van der Waals surface area contributed by atoms with Crippen LogP contribution in [0.25, 0.3) is 17.3 Å². The minimum absolute atomic E-state index is 0.0569. The van der Waals surface area contributed by atoms with Gasteiger partial charge in [-0.25, -0.2) is 9.07 Å². The summed E-state index contributed by atoms with van der Waals surface area (Å²) in [6.45, 7) is 1.69. The molecule has 0 saturated carbocycles. The van der Waals surface area contributed by atoms with Gasteiger partial charge in [0.05, 0.1) is 0 Å². The van der Waals surface area contributed by atoms with Crippen molar-refractivity contribution in [1.29, 1.82) is 0 Å². The van der Waals surface area contributed by atoms with E-state index in [1.54, 1.807) is 37.5 Å². The second kappa shape index (κ2) is 4.69. The normalized spacial score (nSPS) is 10.7. The van der Waals surface area contributed by atoms with Gasteiger partial charge in [-0.1, -0.05) is 12.1 Å². The van der Waals surface area contributed by atoms with Crippen LogP contribution in [-0.2, 0) is 0 Å². The van der Waals surface area contributed by atoms with E-state index in [1.807, 2.05) is 0 Å². The number of nitrogens with two attached hydrogens (primary N) is 1. The monoisotopic (exact) mass is 270 g/mol. The first-order chi connectivity index (χ1) is 9.63. The summed E-state index contributed by atoms with van der Waals surface area (Å²) >= 11 is 0. The summed E-state index contributed by atoms with van der Waals surface area (Å²) in [5.74, 6) is 0.337. The van der Waals surface area contributed by atoms with Gasteiger partial charge < -0.3 is 5.73 Å². The fourth-order valence-corrected chi connectivity index (χ4v) is 1.73. The van der Waals surface area contributed by atoms with Crippen LogP contribution in [0.15, 0.2) is 36.7 Å². The average molecular weight is 270 g/mol. The fraction of sp³-hybridized carbons (Fsp3) is 0.0769. The van der Waals surface area contributed by atoms with E-state index in [0.29, 0.717) is 22.9 Å². The van der Waals surface area contributed by atoms with Crippen LogP contribution in [0.3, 0.4) is 0 Å². The molecule has 0 saturated heterocycles. The molecule has 0 bridgehead atoms. The Morgan fingerprint density at radius 2 is 2.05 bits per heavy atom. The molecule has 0 atom stereocenters. The first-order valence-electron chi connectivity index (χ1n) is 5.91. The van der Waals surface area contributed by atoms with Gasteiger partial charge in [-0.05, 0) is 24.6 Å². The number of nitrogen functional groups attached to an aromatic ring is 1. The SMILES string of the molecule is Cc1ccc(-c2nc(N)nc(-n3cccn3)n2)cc1F. The molecule has 100 valence electrons. The molecule has 3 aromatic rings. The van der Waals surface area contributed by atoms with E-state index in [0.717, 1.165) is 0 Å². The Labute approximate surface area is 114 Å². The van der Waals surface area contributed by atoms with Crippen LogP contribution in [0.2, 0.25) is 0 Å². The predicted octanol–water partition coefficient (Wildman–Crippen LogP) is 1.75. The lowest BCUT2D eigenvalue weighted by atomic mass is 10.1. The van der Waals surface area contributed by atoms with E-state index in [-0.39, 0.29) is 11.8 Å². The summed E-state index contributed by atoms with van der Waals surface area (Å²) < 4.78 is 15.1. The van der Waals surface area contributed by atoms with Crippen LogP contribution >= 0.6 is 0 Å². The average Bonchev–Trinajstić information content (AvgIpc) is 2.95. The Balaban J connectivity index is 2.12. The maximum absolute atomic E-state index is 13.6. The molecule has 0 spiro atoms. The quantitative estimate of drug-likeness (QED) is 0.767. The minimum Gasteiger partial charge on any atom is -0.368 e. The molecule has 0 fully saturated rings. The molecule has 6 nitrogen and oxygen atoms in total. The van der Waals surface area contributed by atoms with Crippen LogP contribution in [0.4, 0.5) is 10.3 Å². The van der Waals surface area contributed by atoms with E-state index >= 15 is 0 Å². The van der Waals surface area contributed by atoms with Crippen molar-refractivity contribution in [2.75, 3.05) is 5.73 Å². The third kappa shape index (κ3) is 2.20. The number of hydrogen-bond acceptors (Lipinski definition) is 5. The predicted molar refractivity (Wildman–Crippen MR) is 71.5 cm³/mol. The Morgan fingerprint density at radius 1 is 1.20 bits per heavy atom. The number of hydrogen-bond donors (Lipinski definition) is 1. The van der Waals surface area contributed by atoms with Crippen molar-refractivity contribution >= 4 is 5.95 Å². The van der Waals surface area contributed by atoms with Crippen molar-refractivity contribution in [3.63, 3.8) is 0 Å². The largest absolute Gasteiger partial charge is 0.368 e. The lowest BCUT2D eigenvalue weighted by molar-refractivity contribution is 0.619. The second-order valence-corrected chi connectivity index (χ2v) is 4.23. The van der Waals surface area contributed by atoms with Gasteiger partial charge in [-0.3, -0.25) is 0 Å². The molecular formula is C13H11FN6. The van der Waals surface area contributed by atoms with Gasteiger partial charge in [0, 0.05) is 18.0 Å². The molecule has 1 aromatic carbocycles. The molecule has 0 unspecified atom stereocenters. The molecule has 0 aliphatic rings. The molecule has 3 rings (SSSR count). The Kier molecular flexibility index (Phi) is 2.86. The minimum atomic E-state index is -0.317. The summed E-state index contributed by atoms with van der Waals surface area (Å²) in [6.07, 6.45) is 3.29. The van der Waals surface area contributed by atoms with Crippen molar-refractivity contribution < 1.29 is 4.39 Å². The molecule has 2 aromatic heterocycles. The van der Waals surface area contributed by atoms with Gasteiger partial charge in [0.1, 0.15) is 5.82 Å². The number of rotatable bonds is 2. The number of nitrogens with zero attached hydrogens (tertiary/aromatic N) is 5. The fourth-order valence-electron chi connectivity index (χ4n) is 1.73. The number of halogens is 1. The van der Waals surface area contributed by atoms with Crippen molar-refractivity contribution in [2.24, 2.45) is 0 Å². The van der Waals surface area contributed by atoms with Crippen molar-refractivity contribution in [3.05, 3.63) is 48.0 Å². The maximum atomic E-state index is 13.6. The van der Waals surface area contributed by atoms with Gasteiger partial charge in [-0.2, -0.15) is 20.1 Å². The molecule has 0 amide bonds. The van der Waals surface area contributed by atoms with E-state index in [9.17, 15) is 4.39 Å². The molecule has 7 heteroatoms. The van der Waals surface area contributed by atoms with Gasteiger partial charge in [0.25, 0.3) is 5.95 Å². The number of aryl methyl sites for hydroxylation is 1. The van der Waals surface area contributed by atoms with Gasteiger partial charge in [0.2, 0.25) is 5.95 Å². The van der Waals surface area contributed by atoms with Crippen molar-refractivity contribution in [2.45, 2.75) is 6.92 Å². The smallest absolute Gasteiger partial charge is 0.255 e. The topological polar surface area (TPSA) is 82.5 Å². The first-order valence-corrected chi connectivity index (χ1v) is 5.91. The summed E-state index contributed by atoms with van der Waals surface area (Å²) in [4.78, 5) is 12.3. The number of anilines is 1. The summed E-state index contributed by atoms with van der Waals surface area (Å²) in [7, 11) is 0. The van der Waals surface area contributed by atoms with Crippen LogP contribution in [0.5, 0.6) is 0 Å². The third-order valence-electron chi connectivity index (χ3n) is 2.78. The number of aromatic nitrogens is 5. The van der Waals surface area contributed by atoms with Gasteiger partial charge in [-0.15, -0.1) is 0 Å². The lowest BCUT2D eigenvalue weighted by Gasteiger charge is -2.05. The molecule has 20 heavy (non-hydrogen) atoms. The number of benzene rings is 1. The lowest BCUT2D eigenvalue weighted by Crippen LogP contribution is -2.08. The molecule has 2 N–H and O–H groups in total. The molecule has 0 radical (unpaired) electrons. The standard InChI is InChI=1S/C13H11FN6/c1-8-3-4-9(7-10(8)14)11-17-12(15)19-13(18-11)20-6-2-5-16-20/h2-7H,1H3,(H2,15,17,18,19). The zero-order valence-corrected chi connectivity index (χ0v) is 10.7. The molecule has 0 aliphatic carbocycles. The van der Waals surface area contributed by atoms with Crippen LogP contribution in [-0.4, -0.2) is 24.7 Å². The maximum Gasteiger partial charge on any atom is 0.255 e. The van der Waals surface area contributed by atoms with E-state index in [1.165, 1.54) is 10.7 Å². The Hall–Kier alpha value is -2.83. The summed E-state index contributed by atoms with van der Waals surface area (Å²) in [5, 5.41) is 4.03. The Bertz CT molecular complexity index is 754. The second-order valence-electron chi connectivity index (χ2n) is 4.23. The third-order valence-corrected chi connectivity index (χ3v) is 2.78. The Morgan fingerprint density at radius 3 is 2.75 bits per heavy atom. The summed E-state index contributed by atoms with van der Waals surface area (Å²) in [5.41, 5.74) is 6.77. The van der Waals surface area contributed by atoms with Crippen LogP contribution in [0, 0.1) is 12.7 Å². The first kappa shape index (κ1) is 12.2. The van der Waals surface area contributed by atoms with Gasteiger partial charge >= 0.3 is 0 Å². The van der Waals surface area contributed by atoms with Crippen molar-refractivity contribution in [1.82, 2.24) is 24.7 Å². The van der Waals surface area contributed by atoms with E-state index < -0.39 is 0 Å². The van der Waals surface area contributed by atoms with Gasteiger partial charge in [0.15, 0.2) is 5.82 Å². The summed E-state index contributed by atoms with van der Waals surface area (Å²) in [6, 6.07) is 6.51. The van der Waals surface area contributed by atoms with Crippen LogP contribution < -0.4 is 5.73 Å².